The van der Waals surface area contributed by atoms with E-state index < -0.39 is 0 Å². The van der Waals surface area contributed by atoms with E-state index in [1.807, 2.05) is 7.05 Å². The second kappa shape index (κ2) is 4.59. The van der Waals surface area contributed by atoms with Crippen molar-refractivity contribution < 1.29 is 0 Å². The Bertz CT molecular complexity index is 214. The van der Waals surface area contributed by atoms with Crippen LogP contribution >= 0.6 is 0 Å². The van der Waals surface area contributed by atoms with Crippen LogP contribution in [0, 0.1) is 16.7 Å². The van der Waals surface area contributed by atoms with E-state index in [-0.39, 0.29) is 0 Å². The Morgan fingerprint density at radius 1 is 1.20 bits per heavy atom. The summed E-state index contributed by atoms with van der Waals surface area (Å²) in [5, 5.41) is 3.10. The van der Waals surface area contributed by atoms with E-state index in [9.17, 15) is 0 Å². The van der Waals surface area contributed by atoms with E-state index in [0.717, 1.165) is 5.92 Å². The monoisotopic (exact) mass is 209 g/mol. The van der Waals surface area contributed by atoms with Gasteiger partial charge in [0.15, 0.2) is 0 Å². The fraction of sp³-hybridized carbons (Fsp3) is 0.857. The summed E-state index contributed by atoms with van der Waals surface area (Å²) in [6, 6.07) is 0. The number of allylic oxidation sites excluding steroid dienone is 1. The largest absolute Gasteiger partial charge is 0.394 e. The molecule has 0 amide bonds. The van der Waals surface area contributed by atoms with Gasteiger partial charge in [-0.05, 0) is 48.6 Å². The first-order chi connectivity index (χ1) is 6.87. The Hall–Kier alpha value is -0.460. The summed E-state index contributed by atoms with van der Waals surface area (Å²) in [4.78, 5) is 0. The third kappa shape index (κ3) is 3.55. The minimum atomic E-state index is 0.435. The van der Waals surface area contributed by atoms with Crippen molar-refractivity contribution in [3.05, 3.63) is 12.3 Å². The van der Waals surface area contributed by atoms with Crippen LogP contribution in [0.1, 0.15) is 53.4 Å². The topological polar surface area (TPSA) is 12.0 Å². The molecule has 1 nitrogen and oxygen atoms in total. The van der Waals surface area contributed by atoms with Gasteiger partial charge < -0.3 is 5.32 Å². The lowest BCUT2D eigenvalue weighted by atomic mass is 9.65. The molecule has 0 aromatic carbocycles. The maximum Gasteiger partial charge on any atom is 0.00276 e. The van der Waals surface area contributed by atoms with Crippen LogP contribution in [0.25, 0.3) is 0 Å². The van der Waals surface area contributed by atoms with Gasteiger partial charge in [-0.1, -0.05) is 33.8 Å². The SMILES string of the molecule is CN/C=C/C1(C)CCC(C(C)(C)C)CC1. The van der Waals surface area contributed by atoms with Crippen molar-refractivity contribution in [1.82, 2.24) is 5.32 Å². The molecule has 0 heterocycles. The molecular formula is C14H27N. The third-order valence-corrected chi connectivity index (χ3v) is 4.00. The molecule has 1 aliphatic carbocycles. The summed E-state index contributed by atoms with van der Waals surface area (Å²) >= 11 is 0. The normalized spacial score (nSPS) is 33.3. The molecule has 1 N–H and O–H groups in total. The first kappa shape index (κ1) is 12.6. The quantitative estimate of drug-likeness (QED) is 0.726. The average Bonchev–Trinajstić information content (AvgIpc) is 2.14. The fourth-order valence-electron chi connectivity index (χ4n) is 2.59. The van der Waals surface area contributed by atoms with Crippen molar-refractivity contribution in [2.24, 2.45) is 16.7 Å². The molecular weight excluding hydrogens is 182 g/mol. The molecule has 15 heavy (non-hydrogen) atoms. The van der Waals surface area contributed by atoms with Crippen molar-refractivity contribution in [2.75, 3.05) is 7.05 Å². The first-order valence-corrected chi connectivity index (χ1v) is 6.22. The zero-order chi connectivity index (χ0) is 11.5. The smallest absolute Gasteiger partial charge is 0.00276 e. The van der Waals surface area contributed by atoms with Gasteiger partial charge in [0.25, 0.3) is 0 Å². The molecule has 0 unspecified atom stereocenters. The molecule has 0 aliphatic heterocycles. The zero-order valence-corrected chi connectivity index (χ0v) is 11.1. The molecule has 1 saturated carbocycles. The second-order valence-corrected chi connectivity index (χ2v) is 6.42. The van der Waals surface area contributed by atoms with Crippen LogP contribution in [0.2, 0.25) is 0 Å². The fourth-order valence-corrected chi connectivity index (χ4v) is 2.59. The molecule has 1 rings (SSSR count). The van der Waals surface area contributed by atoms with Gasteiger partial charge in [0.1, 0.15) is 0 Å². The molecule has 1 heteroatoms. The highest BCUT2D eigenvalue weighted by atomic mass is 14.8. The summed E-state index contributed by atoms with van der Waals surface area (Å²) in [6.07, 6.45) is 9.89. The van der Waals surface area contributed by atoms with E-state index in [4.69, 9.17) is 0 Å². The van der Waals surface area contributed by atoms with Gasteiger partial charge in [-0.25, -0.2) is 0 Å². The Labute approximate surface area is 95.3 Å². The highest BCUT2D eigenvalue weighted by Gasteiger charge is 2.34. The van der Waals surface area contributed by atoms with E-state index in [1.54, 1.807) is 0 Å². The third-order valence-electron chi connectivity index (χ3n) is 4.00. The standard InChI is InChI=1S/C14H27N/c1-13(2,3)12-6-8-14(4,9-7-12)10-11-15-5/h10-12,15H,6-9H2,1-5H3/b11-10+. The summed E-state index contributed by atoms with van der Waals surface area (Å²) in [7, 11) is 1.97. The molecule has 0 atom stereocenters. The predicted octanol–water partition coefficient (Wildman–Crippen LogP) is 3.96. The molecule has 0 saturated heterocycles. The number of hydrogen-bond donors (Lipinski definition) is 1. The number of hydrogen-bond acceptors (Lipinski definition) is 1. The van der Waals surface area contributed by atoms with E-state index >= 15 is 0 Å². The summed E-state index contributed by atoms with van der Waals surface area (Å²) in [6.45, 7) is 9.52. The molecule has 0 aromatic rings. The molecule has 88 valence electrons. The highest BCUT2D eigenvalue weighted by molar-refractivity contribution is 4.99. The van der Waals surface area contributed by atoms with Crippen LogP contribution in [-0.2, 0) is 0 Å². The van der Waals surface area contributed by atoms with Crippen molar-refractivity contribution in [3.8, 4) is 0 Å². The molecule has 0 spiro atoms. The molecule has 0 radical (unpaired) electrons. The lowest BCUT2D eigenvalue weighted by Crippen LogP contribution is -2.30. The average molecular weight is 209 g/mol. The summed E-state index contributed by atoms with van der Waals surface area (Å²) in [5.41, 5.74) is 0.929. The summed E-state index contributed by atoms with van der Waals surface area (Å²) in [5.74, 6) is 0.911. The van der Waals surface area contributed by atoms with Crippen LogP contribution < -0.4 is 5.32 Å². The van der Waals surface area contributed by atoms with E-state index in [2.05, 4.69) is 45.3 Å². The van der Waals surface area contributed by atoms with Crippen LogP contribution in [0.3, 0.4) is 0 Å². The van der Waals surface area contributed by atoms with Gasteiger partial charge in [0.2, 0.25) is 0 Å². The van der Waals surface area contributed by atoms with Gasteiger partial charge in [-0.3, -0.25) is 0 Å². The second-order valence-electron chi connectivity index (χ2n) is 6.42. The van der Waals surface area contributed by atoms with Crippen molar-refractivity contribution >= 4 is 0 Å². The van der Waals surface area contributed by atoms with Crippen molar-refractivity contribution in [3.63, 3.8) is 0 Å². The van der Waals surface area contributed by atoms with Crippen molar-refractivity contribution in [1.29, 1.82) is 0 Å². The summed E-state index contributed by atoms with van der Waals surface area (Å²) < 4.78 is 0. The first-order valence-electron chi connectivity index (χ1n) is 6.22. The van der Waals surface area contributed by atoms with E-state index in [0.29, 0.717) is 10.8 Å². The Morgan fingerprint density at radius 2 is 1.73 bits per heavy atom. The van der Waals surface area contributed by atoms with Crippen LogP contribution in [0.15, 0.2) is 12.3 Å². The maximum atomic E-state index is 3.10. The number of rotatable bonds is 2. The van der Waals surface area contributed by atoms with Crippen LogP contribution in [0.5, 0.6) is 0 Å². The van der Waals surface area contributed by atoms with E-state index in [1.165, 1.54) is 25.7 Å². The van der Waals surface area contributed by atoms with Crippen LogP contribution in [0.4, 0.5) is 0 Å². The van der Waals surface area contributed by atoms with Crippen LogP contribution in [-0.4, -0.2) is 7.05 Å². The number of nitrogens with one attached hydrogen (secondary N) is 1. The van der Waals surface area contributed by atoms with Gasteiger partial charge >= 0.3 is 0 Å². The Kier molecular flexibility index (Phi) is 3.86. The Balaban J connectivity index is 2.51. The molecule has 1 fully saturated rings. The van der Waals surface area contributed by atoms with Gasteiger partial charge in [-0.15, -0.1) is 0 Å². The molecule has 0 aromatic heterocycles. The lowest BCUT2D eigenvalue weighted by Gasteiger charge is -2.41. The zero-order valence-electron chi connectivity index (χ0n) is 11.1. The van der Waals surface area contributed by atoms with Gasteiger partial charge in [0, 0.05) is 7.05 Å². The van der Waals surface area contributed by atoms with Gasteiger partial charge in [-0.2, -0.15) is 0 Å². The molecule has 1 aliphatic rings. The Morgan fingerprint density at radius 3 is 2.13 bits per heavy atom. The lowest BCUT2D eigenvalue weighted by molar-refractivity contribution is 0.126. The van der Waals surface area contributed by atoms with Gasteiger partial charge in [0.05, 0.1) is 0 Å². The maximum absolute atomic E-state index is 3.10. The molecule has 0 bridgehead atoms. The predicted molar refractivity (Wildman–Crippen MR) is 67.7 cm³/mol. The van der Waals surface area contributed by atoms with Crippen molar-refractivity contribution in [2.45, 2.75) is 53.4 Å². The highest BCUT2D eigenvalue weighted by Crippen LogP contribution is 2.45. The minimum Gasteiger partial charge on any atom is -0.394 e. The minimum absolute atomic E-state index is 0.435.